The highest BCUT2D eigenvalue weighted by Gasteiger charge is 2.20. The maximum Gasteiger partial charge on any atom is 0.159 e. The molecule has 1 aromatic heterocycles. The van der Waals surface area contributed by atoms with E-state index < -0.39 is 0 Å². The van der Waals surface area contributed by atoms with Crippen LogP contribution >= 0.6 is 0 Å². The van der Waals surface area contributed by atoms with Gasteiger partial charge in [-0.2, -0.15) is 0 Å². The van der Waals surface area contributed by atoms with Crippen molar-refractivity contribution in [2.45, 2.75) is 136 Å². The molecule has 0 N–H and O–H groups in total. The summed E-state index contributed by atoms with van der Waals surface area (Å²) in [6.07, 6.45) is 30.2. The fourth-order valence-corrected chi connectivity index (χ4v) is 5.78. The molecule has 3 rings (SSSR count). The normalized spacial score (nSPS) is 18.1. The average Bonchev–Trinajstić information content (AvgIpc) is 2.91. The standard InChI is InChI=1S/C33H52N2/c1-3-5-7-9-11-13-15-31-26-34-33(35-27-31)32-24-22-30(23-25-32)21-20-29-18-16-28(17-19-29)14-12-10-8-6-4-2/h22-29H,3-21H2,1-2H3. The molecule has 0 radical (unpaired) electrons. The molecule has 0 saturated heterocycles. The second kappa shape index (κ2) is 16.9. The molecule has 0 spiro atoms. The van der Waals surface area contributed by atoms with E-state index in [9.17, 15) is 0 Å². The molecule has 194 valence electrons. The zero-order valence-corrected chi connectivity index (χ0v) is 22.9. The van der Waals surface area contributed by atoms with Crippen LogP contribution < -0.4 is 0 Å². The first-order valence-corrected chi connectivity index (χ1v) is 15.2. The molecule has 1 aromatic carbocycles. The first-order valence-electron chi connectivity index (χ1n) is 15.2. The Kier molecular flexibility index (Phi) is 13.4. The second-order valence-electron chi connectivity index (χ2n) is 11.3. The third-order valence-electron chi connectivity index (χ3n) is 8.26. The zero-order valence-electron chi connectivity index (χ0n) is 22.9. The van der Waals surface area contributed by atoms with Crippen molar-refractivity contribution in [3.8, 4) is 11.4 Å². The Hall–Kier alpha value is -1.70. The maximum atomic E-state index is 4.66. The zero-order chi connectivity index (χ0) is 24.6. The molecule has 0 atom stereocenters. The smallest absolute Gasteiger partial charge is 0.159 e. The van der Waals surface area contributed by atoms with Crippen molar-refractivity contribution in [2.75, 3.05) is 0 Å². The summed E-state index contributed by atoms with van der Waals surface area (Å²) in [7, 11) is 0. The predicted molar refractivity (Wildman–Crippen MR) is 152 cm³/mol. The van der Waals surface area contributed by atoms with Gasteiger partial charge in [-0.05, 0) is 48.6 Å². The molecule has 0 unspecified atom stereocenters. The number of rotatable bonds is 17. The van der Waals surface area contributed by atoms with Gasteiger partial charge in [-0.25, -0.2) is 9.97 Å². The van der Waals surface area contributed by atoms with Crippen molar-refractivity contribution in [3.63, 3.8) is 0 Å². The van der Waals surface area contributed by atoms with Crippen LogP contribution in [0.25, 0.3) is 11.4 Å². The Morgan fingerprint density at radius 3 is 1.74 bits per heavy atom. The van der Waals surface area contributed by atoms with Crippen LogP contribution in [0.3, 0.4) is 0 Å². The second-order valence-corrected chi connectivity index (χ2v) is 11.3. The molecule has 1 saturated carbocycles. The van der Waals surface area contributed by atoms with E-state index in [4.69, 9.17) is 0 Å². The summed E-state index contributed by atoms with van der Waals surface area (Å²) in [6, 6.07) is 9.02. The van der Waals surface area contributed by atoms with E-state index in [1.54, 1.807) is 0 Å². The highest BCUT2D eigenvalue weighted by Crippen LogP contribution is 2.34. The largest absolute Gasteiger partial charge is 0.236 e. The number of nitrogens with zero attached hydrogens (tertiary/aromatic N) is 2. The number of hydrogen-bond acceptors (Lipinski definition) is 2. The van der Waals surface area contributed by atoms with Gasteiger partial charge in [0.2, 0.25) is 0 Å². The van der Waals surface area contributed by atoms with E-state index in [1.807, 2.05) is 12.4 Å². The first-order chi connectivity index (χ1) is 17.3. The van der Waals surface area contributed by atoms with Crippen molar-refractivity contribution in [1.29, 1.82) is 0 Å². The third-order valence-corrected chi connectivity index (χ3v) is 8.26. The lowest BCUT2D eigenvalue weighted by Gasteiger charge is -2.28. The van der Waals surface area contributed by atoms with Crippen LogP contribution in [-0.2, 0) is 12.8 Å². The Morgan fingerprint density at radius 2 is 1.11 bits per heavy atom. The maximum absolute atomic E-state index is 4.66. The third kappa shape index (κ3) is 10.8. The number of hydrogen-bond donors (Lipinski definition) is 0. The molecule has 1 fully saturated rings. The van der Waals surface area contributed by atoms with Crippen molar-refractivity contribution >= 4 is 0 Å². The molecule has 1 aliphatic carbocycles. The molecule has 35 heavy (non-hydrogen) atoms. The van der Waals surface area contributed by atoms with Gasteiger partial charge in [0.05, 0.1) is 0 Å². The van der Waals surface area contributed by atoms with Crippen molar-refractivity contribution < 1.29 is 0 Å². The lowest BCUT2D eigenvalue weighted by molar-refractivity contribution is 0.248. The molecule has 2 aromatic rings. The van der Waals surface area contributed by atoms with E-state index in [1.165, 1.54) is 127 Å². The van der Waals surface area contributed by atoms with Crippen LogP contribution in [0.1, 0.15) is 134 Å². The quantitative estimate of drug-likeness (QED) is 0.212. The molecule has 0 bridgehead atoms. The van der Waals surface area contributed by atoms with E-state index >= 15 is 0 Å². The summed E-state index contributed by atoms with van der Waals surface area (Å²) in [5, 5.41) is 0. The Bertz CT molecular complexity index is 772. The van der Waals surface area contributed by atoms with Gasteiger partial charge in [-0.1, -0.05) is 134 Å². The van der Waals surface area contributed by atoms with Crippen LogP contribution in [0.15, 0.2) is 36.7 Å². The van der Waals surface area contributed by atoms with Crippen molar-refractivity contribution in [3.05, 3.63) is 47.8 Å². The van der Waals surface area contributed by atoms with Crippen LogP contribution in [0, 0.1) is 11.8 Å². The summed E-state index contributed by atoms with van der Waals surface area (Å²) >= 11 is 0. The number of benzene rings is 1. The molecular formula is C33H52N2. The molecule has 1 heterocycles. The monoisotopic (exact) mass is 476 g/mol. The predicted octanol–water partition coefficient (Wildman–Crippen LogP) is 10.1. The highest BCUT2D eigenvalue weighted by molar-refractivity contribution is 5.55. The Labute approximate surface area is 216 Å². The lowest BCUT2D eigenvalue weighted by Crippen LogP contribution is -2.15. The van der Waals surface area contributed by atoms with Crippen molar-refractivity contribution in [1.82, 2.24) is 9.97 Å². The van der Waals surface area contributed by atoms with Crippen LogP contribution in [0.4, 0.5) is 0 Å². The number of unbranched alkanes of at least 4 members (excludes halogenated alkanes) is 9. The molecule has 0 amide bonds. The van der Waals surface area contributed by atoms with Gasteiger partial charge in [-0.15, -0.1) is 0 Å². The van der Waals surface area contributed by atoms with Gasteiger partial charge in [-0.3, -0.25) is 0 Å². The molecule has 1 aliphatic rings. The summed E-state index contributed by atoms with van der Waals surface area (Å²) in [6.45, 7) is 4.58. The summed E-state index contributed by atoms with van der Waals surface area (Å²) in [4.78, 5) is 9.32. The number of aryl methyl sites for hydroxylation is 2. The molecule has 0 aliphatic heterocycles. The van der Waals surface area contributed by atoms with Gasteiger partial charge in [0, 0.05) is 18.0 Å². The minimum atomic E-state index is 0.858. The average molecular weight is 477 g/mol. The van der Waals surface area contributed by atoms with Gasteiger partial charge in [0.1, 0.15) is 0 Å². The lowest BCUT2D eigenvalue weighted by atomic mass is 9.77. The fourth-order valence-electron chi connectivity index (χ4n) is 5.78. The van der Waals surface area contributed by atoms with Crippen LogP contribution in [0.5, 0.6) is 0 Å². The molecule has 2 nitrogen and oxygen atoms in total. The van der Waals surface area contributed by atoms with Crippen LogP contribution in [0.2, 0.25) is 0 Å². The van der Waals surface area contributed by atoms with E-state index in [2.05, 4.69) is 48.1 Å². The SMILES string of the molecule is CCCCCCCCc1cnc(-c2ccc(CCC3CCC(CCCCCCC)CC3)cc2)nc1. The van der Waals surface area contributed by atoms with E-state index in [0.29, 0.717) is 0 Å². The van der Waals surface area contributed by atoms with E-state index in [-0.39, 0.29) is 0 Å². The minimum Gasteiger partial charge on any atom is -0.236 e. The molecular weight excluding hydrogens is 424 g/mol. The minimum absolute atomic E-state index is 0.858. The fraction of sp³-hybridized carbons (Fsp3) is 0.697. The summed E-state index contributed by atoms with van der Waals surface area (Å²) in [5.41, 5.74) is 3.87. The topological polar surface area (TPSA) is 25.8 Å². The van der Waals surface area contributed by atoms with Crippen molar-refractivity contribution in [2.24, 2.45) is 11.8 Å². The molecule has 2 heteroatoms. The summed E-state index contributed by atoms with van der Waals surface area (Å²) in [5.74, 6) is 2.81. The van der Waals surface area contributed by atoms with Gasteiger partial charge < -0.3 is 0 Å². The van der Waals surface area contributed by atoms with Crippen LogP contribution in [-0.4, -0.2) is 9.97 Å². The van der Waals surface area contributed by atoms with Gasteiger partial charge >= 0.3 is 0 Å². The van der Waals surface area contributed by atoms with Gasteiger partial charge in [0.25, 0.3) is 0 Å². The van der Waals surface area contributed by atoms with E-state index in [0.717, 1.165) is 29.6 Å². The Morgan fingerprint density at radius 1 is 0.571 bits per heavy atom. The first kappa shape index (κ1) is 27.9. The Balaban J connectivity index is 1.32. The summed E-state index contributed by atoms with van der Waals surface area (Å²) < 4.78 is 0. The number of aromatic nitrogens is 2. The van der Waals surface area contributed by atoms with Gasteiger partial charge in [0.15, 0.2) is 5.82 Å². The highest BCUT2D eigenvalue weighted by atomic mass is 14.9.